The summed E-state index contributed by atoms with van der Waals surface area (Å²) < 4.78 is 13.5. The van der Waals surface area contributed by atoms with Crippen LogP contribution in [0.3, 0.4) is 0 Å². The number of rotatable bonds is 6. The number of para-hydroxylation sites is 1. The molecule has 0 spiro atoms. The standard InChI is InChI=1S/C17H18N6O5/c18-16-15-17(20-8-19-16)22(9-21-15)14-5-12(13(6-24)28-14)27-7-10-3-1-2-4-11(10)23(25)26/h1-4,8-9,12-14,24H,5-7H2,(H2,18,19,20)/t12-,13+,14+/m0/s1. The molecule has 0 unspecified atom stereocenters. The van der Waals surface area contributed by atoms with Crippen molar-refractivity contribution in [3.05, 3.63) is 52.6 Å². The molecule has 2 aromatic heterocycles. The maximum Gasteiger partial charge on any atom is 0.274 e. The third kappa shape index (κ3) is 3.26. The molecule has 1 aliphatic rings. The monoisotopic (exact) mass is 386 g/mol. The summed E-state index contributed by atoms with van der Waals surface area (Å²) >= 11 is 0. The average molecular weight is 386 g/mol. The van der Waals surface area contributed by atoms with Gasteiger partial charge in [0.05, 0.1) is 36.1 Å². The molecular formula is C17H18N6O5. The fraction of sp³-hybridized carbons (Fsp3) is 0.353. The van der Waals surface area contributed by atoms with Crippen LogP contribution in [0, 0.1) is 10.1 Å². The van der Waals surface area contributed by atoms with Gasteiger partial charge in [0.2, 0.25) is 0 Å². The van der Waals surface area contributed by atoms with Gasteiger partial charge >= 0.3 is 0 Å². The van der Waals surface area contributed by atoms with E-state index in [1.165, 1.54) is 12.4 Å². The molecule has 11 nitrogen and oxygen atoms in total. The number of nitrogens with zero attached hydrogens (tertiary/aromatic N) is 5. The lowest BCUT2D eigenvalue weighted by molar-refractivity contribution is -0.386. The van der Waals surface area contributed by atoms with E-state index in [0.717, 1.165) is 0 Å². The van der Waals surface area contributed by atoms with Crippen molar-refractivity contribution in [2.75, 3.05) is 12.3 Å². The van der Waals surface area contributed by atoms with E-state index in [1.54, 1.807) is 29.1 Å². The largest absolute Gasteiger partial charge is 0.394 e. The topological polar surface area (TPSA) is 151 Å². The van der Waals surface area contributed by atoms with E-state index in [-0.39, 0.29) is 24.7 Å². The summed E-state index contributed by atoms with van der Waals surface area (Å²) in [6, 6.07) is 6.38. The highest BCUT2D eigenvalue weighted by Gasteiger charge is 2.37. The molecule has 0 bridgehead atoms. The maximum atomic E-state index is 11.2. The lowest BCUT2D eigenvalue weighted by Gasteiger charge is -2.16. The Bertz CT molecular complexity index is 1010. The zero-order valence-corrected chi connectivity index (χ0v) is 14.7. The molecule has 1 aromatic carbocycles. The smallest absolute Gasteiger partial charge is 0.274 e. The summed E-state index contributed by atoms with van der Waals surface area (Å²) in [5.41, 5.74) is 7.25. The molecule has 3 aromatic rings. The lowest BCUT2D eigenvalue weighted by Crippen LogP contribution is -2.27. The van der Waals surface area contributed by atoms with Crippen molar-refractivity contribution in [3.63, 3.8) is 0 Å². The number of ether oxygens (including phenoxy) is 2. The molecule has 3 heterocycles. The number of hydrogen-bond donors (Lipinski definition) is 2. The molecule has 3 atom stereocenters. The summed E-state index contributed by atoms with van der Waals surface area (Å²) in [5, 5.41) is 20.8. The first-order chi connectivity index (χ1) is 13.6. The SMILES string of the molecule is Nc1ncnc2c1ncn2[C@H]1C[C@H](OCc2ccccc2[N+](=O)[O-])[C@@H](CO)O1. The van der Waals surface area contributed by atoms with Crippen LogP contribution in [0.4, 0.5) is 11.5 Å². The number of fused-ring (bicyclic) bond motifs is 1. The van der Waals surface area contributed by atoms with Crippen LogP contribution in [0.2, 0.25) is 0 Å². The van der Waals surface area contributed by atoms with E-state index in [1.807, 2.05) is 0 Å². The van der Waals surface area contributed by atoms with Crippen molar-refractivity contribution in [2.24, 2.45) is 0 Å². The average Bonchev–Trinajstić information content (AvgIpc) is 3.31. The number of benzene rings is 1. The van der Waals surface area contributed by atoms with E-state index in [0.29, 0.717) is 23.1 Å². The van der Waals surface area contributed by atoms with Gasteiger partial charge in [-0.05, 0) is 6.07 Å². The maximum absolute atomic E-state index is 11.2. The van der Waals surface area contributed by atoms with Crippen LogP contribution in [0.25, 0.3) is 11.2 Å². The van der Waals surface area contributed by atoms with Crippen molar-refractivity contribution >= 4 is 22.7 Å². The van der Waals surface area contributed by atoms with Crippen LogP contribution in [0.5, 0.6) is 0 Å². The Kier molecular flexibility index (Phi) is 4.86. The predicted molar refractivity (Wildman–Crippen MR) is 97.0 cm³/mol. The van der Waals surface area contributed by atoms with Gasteiger partial charge in [0, 0.05) is 12.5 Å². The Morgan fingerprint density at radius 2 is 2.18 bits per heavy atom. The first-order valence-electron chi connectivity index (χ1n) is 8.61. The third-order valence-corrected chi connectivity index (χ3v) is 4.70. The van der Waals surface area contributed by atoms with Gasteiger partial charge in [-0.25, -0.2) is 15.0 Å². The number of hydrogen-bond acceptors (Lipinski definition) is 9. The van der Waals surface area contributed by atoms with Gasteiger partial charge in [0.15, 0.2) is 11.5 Å². The van der Waals surface area contributed by atoms with E-state index in [4.69, 9.17) is 15.2 Å². The summed E-state index contributed by atoms with van der Waals surface area (Å²) in [5.74, 6) is 0.268. The molecule has 1 fully saturated rings. The van der Waals surface area contributed by atoms with Gasteiger partial charge in [-0.2, -0.15) is 0 Å². The van der Waals surface area contributed by atoms with Crippen LogP contribution in [0.15, 0.2) is 36.9 Å². The first kappa shape index (κ1) is 18.2. The number of anilines is 1. The van der Waals surface area contributed by atoms with Gasteiger partial charge in [0.25, 0.3) is 5.69 Å². The van der Waals surface area contributed by atoms with Gasteiger partial charge in [-0.3, -0.25) is 14.7 Å². The van der Waals surface area contributed by atoms with Crippen LogP contribution in [-0.2, 0) is 16.1 Å². The van der Waals surface area contributed by atoms with Gasteiger partial charge < -0.3 is 20.3 Å². The van der Waals surface area contributed by atoms with Crippen LogP contribution in [-0.4, -0.2) is 48.4 Å². The molecule has 0 saturated carbocycles. The highest BCUT2D eigenvalue weighted by Crippen LogP contribution is 2.33. The lowest BCUT2D eigenvalue weighted by atomic mass is 10.1. The molecule has 3 N–H and O–H groups in total. The van der Waals surface area contributed by atoms with E-state index in [2.05, 4.69) is 15.0 Å². The normalized spacial score (nSPS) is 22.0. The minimum Gasteiger partial charge on any atom is -0.394 e. The van der Waals surface area contributed by atoms with Crippen LogP contribution >= 0.6 is 0 Å². The molecule has 28 heavy (non-hydrogen) atoms. The van der Waals surface area contributed by atoms with E-state index >= 15 is 0 Å². The molecular weight excluding hydrogens is 368 g/mol. The van der Waals surface area contributed by atoms with Crippen molar-refractivity contribution in [3.8, 4) is 0 Å². The number of aliphatic hydroxyl groups excluding tert-OH is 1. The molecule has 1 aliphatic heterocycles. The number of aliphatic hydroxyl groups is 1. The van der Waals surface area contributed by atoms with E-state index < -0.39 is 23.4 Å². The minimum absolute atomic E-state index is 0.00806. The van der Waals surface area contributed by atoms with Crippen molar-refractivity contribution in [1.82, 2.24) is 19.5 Å². The molecule has 4 rings (SSSR count). The highest BCUT2D eigenvalue weighted by atomic mass is 16.6. The van der Waals surface area contributed by atoms with Crippen molar-refractivity contribution in [2.45, 2.75) is 31.5 Å². The second-order valence-corrected chi connectivity index (χ2v) is 6.37. The Morgan fingerprint density at radius 1 is 1.36 bits per heavy atom. The molecule has 146 valence electrons. The Balaban J connectivity index is 1.52. The fourth-order valence-corrected chi connectivity index (χ4v) is 3.30. The summed E-state index contributed by atoms with van der Waals surface area (Å²) in [4.78, 5) is 23.0. The molecule has 0 aliphatic carbocycles. The number of aromatic nitrogens is 4. The first-order valence-corrected chi connectivity index (χ1v) is 8.61. The molecule has 0 amide bonds. The number of nitro groups is 1. The number of nitro benzene ring substituents is 1. The summed E-state index contributed by atoms with van der Waals surface area (Å²) in [6.45, 7) is -0.212. The van der Waals surface area contributed by atoms with Gasteiger partial charge in [-0.15, -0.1) is 0 Å². The second-order valence-electron chi connectivity index (χ2n) is 6.37. The van der Waals surface area contributed by atoms with Crippen LogP contribution in [0.1, 0.15) is 18.2 Å². The fourth-order valence-electron chi connectivity index (χ4n) is 3.30. The number of imidazole rings is 1. The molecule has 11 heteroatoms. The summed E-state index contributed by atoms with van der Waals surface area (Å²) in [7, 11) is 0. The van der Waals surface area contributed by atoms with Crippen molar-refractivity contribution in [1.29, 1.82) is 0 Å². The highest BCUT2D eigenvalue weighted by molar-refractivity contribution is 5.81. The quantitative estimate of drug-likeness (QED) is 0.470. The molecule has 0 radical (unpaired) electrons. The number of nitrogen functional groups attached to an aromatic ring is 1. The van der Waals surface area contributed by atoms with Gasteiger partial charge in [-0.1, -0.05) is 12.1 Å². The predicted octanol–water partition coefficient (Wildman–Crippen LogP) is 1.18. The van der Waals surface area contributed by atoms with E-state index in [9.17, 15) is 15.2 Å². The Morgan fingerprint density at radius 3 is 2.96 bits per heavy atom. The zero-order valence-electron chi connectivity index (χ0n) is 14.7. The zero-order chi connectivity index (χ0) is 19.7. The van der Waals surface area contributed by atoms with Crippen molar-refractivity contribution < 1.29 is 19.5 Å². The summed E-state index contributed by atoms with van der Waals surface area (Å²) in [6.07, 6.45) is 1.82. The van der Waals surface area contributed by atoms with Gasteiger partial charge in [0.1, 0.15) is 24.2 Å². The minimum atomic E-state index is -0.579. The Hall–Kier alpha value is -3.15. The second kappa shape index (κ2) is 7.46. The third-order valence-electron chi connectivity index (χ3n) is 4.70. The van der Waals surface area contributed by atoms with Crippen LogP contribution < -0.4 is 5.73 Å². The molecule has 1 saturated heterocycles. The number of nitrogens with two attached hydrogens (primary N) is 1. The Labute approximate surface area is 158 Å².